The van der Waals surface area contributed by atoms with E-state index in [9.17, 15) is 0 Å². The van der Waals surface area contributed by atoms with Crippen LogP contribution in [0, 0.1) is 5.92 Å². The van der Waals surface area contributed by atoms with E-state index in [1.165, 1.54) is 25.0 Å². The van der Waals surface area contributed by atoms with Gasteiger partial charge in [0.15, 0.2) is 0 Å². The molecule has 0 saturated heterocycles. The maximum atomic E-state index is 4.03. The average Bonchev–Trinajstić information content (AvgIpc) is 1.86. The first-order valence-electron chi connectivity index (χ1n) is 4.36. The highest BCUT2D eigenvalue weighted by atomic mass is 15.0. The zero-order chi connectivity index (χ0) is 8.85. The Morgan fingerprint density at radius 3 is 2.27 bits per heavy atom. The largest absolute Gasteiger partial charge is 0.309 e. The molecule has 0 N–H and O–H groups in total. The van der Waals surface area contributed by atoms with Crippen molar-refractivity contribution in [2.75, 3.05) is 20.6 Å². The topological polar surface area (TPSA) is 3.24 Å². The molecule has 0 saturated carbocycles. The summed E-state index contributed by atoms with van der Waals surface area (Å²) in [4.78, 5) is 2.22. The van der Waals surface area contributed by atoms with Crippen molar-refractivity contribution in [1.29, 1.82) is 0 Å². The minimum Gasteiger partial charge on any atom is -0.309 e. The Morgan fingerprint density at radius 1 is 1.36 bits per heavy atom. The Morgan fingerprint density at radius 2 is 1.91 bits per heavy atom. The van der Waals surface area contributed by atoms with Crippen molar-refractivity contribution in [3.63, 3.8) is 0 Å². The summed E-state index contributed by atoms with van der Waals surface area (Å²) in [5, 5.41) is 0. The third-order valence-corrected chi connectivity index (χ3v) is 1.92. The maximum Gasteiger partial charge on any atom is -0.00218 e. The molecule has 0 aliphatic carbocycles. The van der Waals surface area contributed by atoms with Gasteiger partial charge in [-0.15, -0.1) is 0 Å². The molecule has 0 atom stereocenters. The average molecular weight is 155 g/mol. The van der Waals surface area contributed by atoms with Crippen molar-refractivity contribution >= 4 is 0 Å². The normalized spacial score (nSPS) is 11.1. The third-order valence-electron chi connectivity index (χ3n) is 1.92. The van der Waals surface area contributed by atoms with E-state index in [4.69, 9.17) is 0 Å². The molecule has 0 aliphatic heterocycles. The highest BCUT2D eigenvalue weighted by Crippen LogP contribution is 2.12. The molecule has 1 heteroatoms. The Balaban J connectivity index is 3.32. The van der Waals surface area contributed by atoms with Crippen LogP contribution in [-0.4, -0.2) is 25.5 Å². The van der Waals surface area contributed by atoms with Crippen molar-refractivity contribution in [1.82, 2.24) is 4.90 Å². The molecule has 0 radical (unpaired) electrons. The van der Waals surface area contributed by atoms with Gasteiger partial charge in [0.25, 0.3) is 0 Å². The van der Waals surface area contributed by atoms with Gasteiger partial charge in [-0.3, -0.25) is 0 Å². The Bertz CT molecular complexity index is 114. The predicted molar refractivity (Wildman–Crippen MR) is 51.8 cm³/mol. The summed E-state index contributed by atoms with van der Waals surface area (Å²) in [5.41, 5.74) is 1.38. The molecule has 0 aromatic heterocycles. The molecule has 0 amide bonds. The summed E-state index contributed by atoms with van der Waals surface area (Å²) < 4.78 is 0. The van der Waals surface area contributed by atoms with Crippen LogP contribution in [0.2, 0.25) is 0 Å². The lowest BCUT2D eigenvalue weighted by atomic mass is 10.0. The fraction of sp³-hybridized carbons (Fsp3) is 0.800. The minimum absolute atomic E-state index is 0.650. The molecule has 0 spiro atoms. The van der Waals surface area contributed by atoms with Gasteiger partial charge in [0.05, 0.1) is 0 Å². The van der Waals surface area contributed by atoms with Gasteiger partial charge >= 0.3 is 0 Å². The van der Waals surface area contributed by atoms with Crippen molar-refractivity contribution < 1.29 is 0 Å². The first kappa shape index (κ1) is 10.7. The van der Waals surface area contributed by atoms with E-state index in [1.54, 1.807) is 0 Å². The zero-order valence-corrected chi connectivity index (χ0v) is 8.35. The van der Waals surface area contributed by atoms with Gasteiger partial charge in [0, 0.05) is 0 Å². The molecule has 1 nitrogen and oxygen atoms in total. The SMILES string of the molecule is C=C(CCCN(C)C)C(C)C. The number of hydrogen-bond donors (Lipinski definition) is 0. The lowest BCUT2D eigenvalue weighted by molar-refractivity contribution is 0.397. The first-order valence-corrected chi connectivity index (χ1v) is 4.36. The molecule has 0 aliphatic rings. The second kappa shape index (κ2) is 5.36. The van der Waals surface area contributed by atoms with Crippen molar-refractivity contribution in [2.45, 2.75) is 26.7 Å². The molecule has 0 aromatic carbocycles. The van der Waals surface area contributed by atoms with Gasteiger partial charge in [0.2, 0.25) is 0 Å². The first-order chi connectivity index (χ1) is 5.04. The van der Waals surface area contributed by atoms with E-state index in [0.717, 1.165) is 0 Å². The lowest BCUT2D eigenvalue weighted by Crippen LogP contribution is -2.13. The Labute approximate surface area is 71.1 Å². The van der Waals surface area contributed by atoms with Crippen molar-refractivity contribution in [3.05, 3.63) is 12.2 Å². The number of allylic oxidation sites excluding steroid dienone is 1. The molecule has 0 bridgehead atoms. The van der Waals surface area contributed by atoms with E-state index in [1.807, 2.05) is 0 Å². The summed E-state index contributed by atoms with van der Waals surface area (Å²) in [5.74, 6) is 0.650. The zero-order valence-electron chi connectivity index (χ0n) is 8.35. The lowest BCUT2D eigenvalue weighted by Gasteiger charge is -2.12. The van der Waals surface area contributed by atoms with Crippen LogP contribution in [0.15, 0.2) is 12.2 Å². The van der Waals surface area contributed by atoms with E-state index in [0.29, 0.717) is 5.92 Å². The summed E-state index contributed by atoms with van der Waals surface area (Å²) in [6, 6.07) is 0. The number of hydrogen-bond acceptors (Lipinski definition) is 1. The van der Waals surface area contributed by atoms with Gasteiger partial charge < -0.3 is 4.90 Å². The van der Waals surface area contributed by atoms with Crippen molar-refractivity contribution in [2.24, 2.45) is 5.92 Å². The molecular weight excluding hydrogens is 134 g/mol. The Hall–Kier alpha value is -0.300. The standard InChI is InChI=1S/C10H21N/c1-9(2)10(3)7-6-8-11(4)5/h9H,3,6-8H2,1-2,4-5H3. The molecular formula is C10H21N. The summed E-state index contributed by atoms with van der Waals surface area (Å²) >= 11 is 0. The fourth-order valence-corrected chi connectivity index (χ4v) is 0.911. The van der Waals surface area contributed by atoms with Crippen LogP contribution in [0.25, 0.3) is 0 Å². The van der Waals surface area contributed by atoms with Crippen LogP contribution >= 0.6 is 0 Å². The van der Waals surface area contributed by atoms with Crippen LogP contribution in [0.1, 0.15) is 26.7 Å². The van der Waals surface area contributed by atoms with Crippen LogP contribution in [0.5, 0.6) is 0 Å². The summed E-state index contributed by atoms with van der Waals surface area (Å²) in [6.07, 6.45) is 2.42. The second-order valence-electron chi connectivity index (χ2n) is 3.72. The van der Waals surface area contributed by atoms with Gasteiger partial charge in [-0.1, -0.05) is 26.0 Å². The third kappa shape index (κ3) is 6.11. The summed E-state index contributed by atoms with van der Waals surface area (Å²) in [6.45, 7) is 9.62. The predicted octanol–water partition coefficient (Wildman–Crippen LogP) is 2.54. The monoisotopic (exact) mass is 155 g/mol. The molecule has 66 valence electrons. The molecule has 0 unspecified atom stereocenters. The van der Waals surface area contributed by atoms with Crippen LogP contribution in [0.3, 0.4) is 0 Å². The molecule has 0 heterocycles. The fourth-order valence-electron chi connectivity index (χ4n) is 0.911. The maximum absolute atomic E-state index is 4.03. The van der Waals surface area contributed by atoms with Gasteiger partial charge in [-0.05, 0) is 39.4 Å². The van der Waals surface area contributed by atoms with E-state index >= 15 is 0 Å². The molecule has 0 aromatic rings. The highest BCUT2D eigenvalue weighted by Gasteiger charge is 1.99. The van der Waals surface area contributed by atoms with Gasteiger partial charge in [0.1, 0.15) is 0 Å². The quantitative estimate of drug-likeness (QED) is 0.551. The van der Waals surface area contributed by atoms with Crippen LogP contribution < -0.4 is 0 Å². The van der Waals surface area contributed by atoms with Crippen LogP contribution in [-0.2, 0) is 0 Å². The number of nitrogens with zero attached hydrogens (tertiary/aromatic N) is 1. The molecule has 11 heavy (non-hydrogen) atoms. The Kier molecular flexibility index (Phi) is 5.22. The van der Waals surface area contributed by atoms with E-state index in [-0.39, 0.29) is 0 Å². The highest BCUT2D eigenvalue weighted by molar-refractivity contribution is 4.96. The molecule has 0 rings (SSSR count). The second-order valence-corrected chi connectivity index (χ2v) is 3.72. The van der Waals surface area contributed by atoms with E-state index in [2.05, 4.69) is 39.4 Å². The van der Waals surface area contributed by atoms with Gasteiger partial charge in [-0.25, -0.2) is 0 Å². The summed E-state index contributed by atoms with van der Waals surface area (Å²) in [7, 11) is 4.22. The van der Waals surface area contributed by atoms with E-state index < -0.39 is 0 Å². The number of rotatable bonds is 5. The minimum atomic E-state index is 0.650. The molecule has 0 fully saturated rings. The van der Waals surface area contributed by atoms with Gasteiger partial charge in [-0.2, -0.15) is 0 Å². The smallest absolute Gasteiger partial charge is 0.00218 e. The van der Waals surface area contributed by atoms with Crippen LogP contribution in [0.4, 0.5) is 0 Å². The van der Waals surface area contributed by atoms with Crippen molar-refractivity contribution in [3.8, 4) is 0 Å².